The van der Waals surface area contributed by atoms with E-state index in [9.17, 15) is 0 Å². The van der Waals surface area contributed by atoms with Crippen LogP contribution in [0.1, 0.15) is 51.9 Å². The molecule has 16 heavy (non-hydrogen) atoms. The summed E-state index contributed by atoms with van der Waals surface area (Å²) in [6, 6.07) is 1.48. The van der Waals surface area contributed by atoms with Crippen LogP contribution in [-0.4, -0.2) is 37.1 Å². The van der Waals surface area contributed by atoms with E-state index in [-0.39, 0.29) is 0 Å². The Hall–Kier alpha value is -0.0800. The fourth-order valence-corrected chi connectivity index (χ4v) is 3.44. The fourth-order valence-electron chi connectivity index (χ4n) is 3.44. The van der Waals surface area contributed by atoms with Gasteiger partial charge in [-0.25, -0.2) is 0 Å². The molecule has 0 amide bonds. The Bertz CT molecular complexity index is 199. The Morgan fingerprint density at radius 2 is 1.81 bits per heavy atom. The molecule has 0 aromatic heterocycles. The molecule has 2 rings (SSSR count). The second-order valence-corrected chi connectivity index (χ2v) is 5.95. The van der Waals surface area contributed by atoms with Crippen molar-refractivity contribution in [2.45, 2.75) is 64.0 Å². The highest BCUT2D eigenvalue weighted by Crippen LogP contribution is 2.26. The van der Waals surface area contributed by atoms with Crippen molar-refractivity contribution in [2.24, 2.45) is 5.92 Å². The second-order valence-electron chi connectivity index (χ2n) is 5.95. The van der Waals surface area contributed by atoms with Gasteiger partial charge >= 0.3 is 0 Å². The first-order valence-electron chi connectivity index (χ1n) is 7.20. The summed E-state index contributed by atoms with van der Waals surface area (Å²) in [6.45, 7) is 4.94. The average molecular weight is 224 g/mol. The molecule has 0 bridgehead atoms. The smallest absolute Gasteiger partial charge is 0.0197 e. The summed E-state index contributed by atoms with van der Waals surface area (Å²) in [5.74, 6) is 0.945. The maximum Gasteiger partial charge on any atom is 0.0197 e. The number of likely N-dealkylation sites (tertiary alicyclic amines) is 1. The zero-order valence-electron chi connectivity index (χ0n) is 11.0. The number of likely N-dealkylation sites (N-methyl/N-ethyl adjacent to an activating group) is 1. The van der Waals surface area contributed by atoms with E-state index >= 15 is 0 Å². The monoisotopic (exact) mass is 224 g/mol. The van der Waals surface area contributed by atoms with Gasteiger partial charge in [0, 0.05) is 18.6 Å². The Labute approximate surface area is 101 Å². The van der Waals surface area contributed by atoms with Gasteiger partial charge in [0.2, 0.25) is 0 Å². The third kappa shape index (κ3) is 3.46. The fraction of sp³-hybridized carbons (Fsp3) is 1.00. The number of hydrogen-bond donors (Lipinski definition) is 1. The van der Waals surface area contributed by atoms with Gasteiger partial charge in [-0.1, -0.05) is 19.3 Å². The highest BCUT2D eigenvalue weighted by Gasteiger charge is 2.24. The van der Waals surface area contributed by atoms with Crippen molar-refractivity contribution < 1.29 is 0 Å². The highest BCUT2D eigenvalue weighted by atomic mass is 15.1. The molecule has 0 aromatic carbocycles. The number of nitrogens with one attached hydrogen (secondary N) is 1. The molecule has 0 radical (unpaired) electrons. The van der Waals surface area contributed by atoms with E-state index in [1.165, 1.54) is 58.0 Å². The molecule has 1 N–H and O–H groups in total. The maximum atomic E-state index is 3.88. The van der Waals surface area contributed by atoms with Gasteiger partial charge in [0.15, 0.2) is 0 Å². The standard InChI is InChI=1S/C14H28N2/c1-12(13-7-4-3-5-8-13)15-14-9-6-10-16(2)11-14/h12-15H,3-11H2,1-2H3. The van der Waals surface area contributed by atoms with Crippen LogP contribution in [0.5, 0.6) is 0 Å². The van der Waals surface area contributed by atoms with Gasteiger partial charge in [-0.3, -0.25) is 0 Å². The van der Waals surface area contributed by atoms with Gasteiger partial charge in [-0.05, 0) is 52.1 Å². The molecule has 1 saturated heterocycles. The lowest BCUT2D eigenvalue weighted by Gasteiger charge is -2.36. The zero-order chi connectivity index (χ0) is 11.4. The molecule has 0 aromatic rings. The molecule has 2 fully saturated rings. The quantitative estimate of drug-likeness (QED) is 0.793. The summed E-state index contributed by atoms with van der Waals surface area (Å²) in [4.78, 5) is 2.47. The van der Waals surface area contributed by atoms with Gasteiger partial charge < -0.3 is 10.2 Å². The van der Waals surface area contributed by atoms with Crippen LogP contribution in [0, 0.1) is 5.92 Å². The summed E-state index contributed by atoms with van der Waals surface area (Å²) >= 11 is 0. The summed E-state index contributed by atoms with van der Waals surface area (Å²) < 4.78 is 0. The molecule has 1 aliphatic carbocycles. The third-order valence-corrected chi connectivity index (χ3v) is 4.48. The number of rotatable bonds is 3. The third-order valence-electron chi connectivity index (χ3n) is 4.48. The first-order chi connectivity index (χ1) is 7.75. The van der Waals surface area contributed by atoms with E-state index in [0.717, 1.165) is 18.0 Å². The predicted molar refractivity (Wildman–Crippen MR) is 69.7 cm³/mol. The molecular weight excluding hydrogens is 196 g/mol. The molecule has 1 heterocycles. The molecule has 1 aliphatic heterocycles. The maximum absolute atomic E-state index is 3.88. The zero-order valence-corrected chi connectivity index (χ0v) is 11.0. The van der Waals surface area contributed by atoms with Crippen LogP contribution in [0.15, 0.2) is 0 Å². The molecule has 2 aliphatic rings. The van der Waals surface area contributed by atoms with E-state index < -0.39 is 0 Å². The SMILES string of the molecule is CC(NC1CCCN(C)C1)C1CCCCC1. The average Bonchev–Trinajstić information content (AvgIpc) is 2.30. The van der Waals surface area contributed by atoms with Gasteiger partial charge in [-0.15, -0.1) is 0 Å². The Balaban J connectivity index is 1.74. The molecular formula is C14H28N2. The van der Waals surface area contributed by atoms with Crippen molar-refractivity contribution >= 4 is 0 Å². The molecule has 2 nitrogen and oxygen atoms in total. The molecule has 94 valence electrons. The lowest BCUT2D eigenvalue weighted by Crippen LogP contribution is -2.49. The van der Waals surface area contributed by atoms with E-state index in [0.29, 0.717) is 0 Å². The van der Waals surface area contributed by atoms with Crippen LogP contribution in [0.4, 0.5) is 0 Å². The minimum absolute atomic E-state index is 0.733. The van der Waals surface area contributed by atoms with Gasteiger partial charge in [-0.2, -0.15) is 0 Å². The van der Waals surface area contributed by atoms with Crippen molar-refractivity contribution in [3.63, 3.8) is 0 Å². The lowest BCUT2D eigenvalue weighted by atomic mass is 9.84. The number of hydrogen-bond acceptors (Lipinski definition) is 2. The summed E-state index contributed by atoms with van der Waals surface area (Å²) in [5, 5.41) is 3.88. The van der Waals surface area contributed by atoms with Crippen molar-refractivity contribution in [3.8, 4) is 0 Å². The van der Waals surface area contributed by atoms with Crippen molar-refractivity contribution in [3.05, 3.63) is 0 Å². The lowest BCUT2D eigenvalue weighted by molar-refractivity contribution is 0.191. The van der Waals surface area contributed by atoms with E-state index in [1.54, 1.807) is 0 Å². The van der Waals surface area contributed by atoms with E-state index in [4.69, 9.17) is 0 Å². The Kier molecular flexibility index (Phi) is 4.66. The van der Waals surface area contributed by atoms with Crippen LogP contribution < -0.4 is 5.32 Å². The van der Waals surface area contributed by atoms with E-state index in [1.807, 2.05) is 0 Å². The van der Waals surface area contributed by atoms with Crippen molar-refractivity contribution in [1.82, 2.24) is 10.2 Å². The largest absolute Gasteiger partial charge is 0.310 e. The first kappa shape index (κ1) is 12.4. The summed E-state index contributed by atoms with van der Waals surface area (Å²) in [5.41, 5.74) is 0. The van der Waals surface area contributed by atoms with Crippen molar-refractivity contribution in [2.75, 3.05) is 20.1 Å². The minimum Gasteiger partial charge on any atom is -0.310 e. The van der Waals surface area contributed by atoms with Gasteiger partial charge in [0.05, 0.1) is 0 Å². The second kappa shape index (κ2) is 6.02. The Morgan fingerprint density at radius 3 is 2.50 bits per heavy atom. The summed E-state index contributed by atoms with van der Waals surface area (Å²) in [6.07, 6.45) is 10.0. The first-order valence-corrected chi connectivity index (χ1v) is 7.20. The minimum atomic E-state index is 0.733. The van der Waals surface area contributed by atoms with Crippen molar-refractivity contribution in [1.29, 1.82) is 0 Å². The van der Waals surface area contributed by atoms with Crippen LogP contribution in [-0.2, 0) is 0 Å². The topological polar surface area (TPSA) is 15.3 Å². The molecule has 2 heteroatoms. The van der Waals surface area contributed by atoms with E-state index in [2.05, 4.69) is 24.2 Å². The van der Waals surface area contributed by atoms with Gasteiger partial charge in [0.1, 0.15) is 0 Å². The molecule has 2 unspecified atom stereocenters. The van der Waals surface area contributed by atoms with Gasteiger partial charge in [0.25, 0.3) is 0 Å². The van der Waals surface area contributed by atoms with Crippen LogP contribution >= 0.6 is 0 Å². The van der Waals surface area contributed by atoms with Crippen LogP contribution in [0.25, 0.3) is 0 Å². The van der Waals surface area contributed by atoms with Crippen LogP contribution in [0.3, 0.4) is 0 Å². The number of nitrogens with zero attached hydrogens (tertiary/aromatic N) is 1. The normalized spacial score (nSPS) is 31.5. The molecule has 1 saturated carbocycles. The number of piperidine rings is 1. The Morgan fingerprint density at radius 1 is 1.06 bits per heavy atom. The van der Waals surface area contributed by atoms with Crippen LogP contribution in [0.2, 0.25) is 0 Å². The molecule has 2 atom stereocenters. The highest BCUT2D eigenvalue weighted by molar-refractivity contribution is 4.83. The summed E-state index contributed by atoms with van der Waals surface area (Å²) in [7, 11) is 2.25. The molecule has 0 spiro atoms. The predicted octanol–water partition coefficient (Wildman–Crippen LogP) is 2.64.